The molecule has 6 rings (SSSR count). The van der Waals surface area contributed by atoms with Gasteiger partial charge in [0, 0.05) is 38.3 Å². The summed E-state index contributed by atoms with van der Waals surface area (Å²) in [5.41, 5.74) is 4.08. The zero-order chi connectivity index (χ0) is 26.2. The van der Waals surface area contributed by atoms with Crippen molar-refractivity contribution in [1.82, 2.24) is 30.1 Å². The van der Waals surface area contributed by atoms with Crippen LogP contribution in [-0.2, 0) is 11.3 Å². The first kappa shape index (κ1) is 24.7. The number of piperazine rings is 1. The van der Waals surface area contributed by atoms with Gasteiger partial charge < -0.3 is 14.6 Å². The van der Waals surface area contributed by atoms with E-state index in [0.717, 1.165) is 41.5 Å². The standard InChI is InChI=1S/C28H32FN7O2/c1-18-9-10-20-16-22(28(37)30-25(20)19(18)2)26(27-31-32-33-36(27)17-21-6-5-15-38-21)35-13-11-34(12-14-35)24-8-4-3-7-23(24)29/h3-4,7-10,16,21,26H,5-6,11-15,17H2,1-2H3,(H,30,37). The average molecular weight is 518 g/mol. The van der Waals surface area contributed by atoms with Gasteiger partial charge in [-0.2, -0.15) is 0 Å². The van der Waals surface area contributed by atoms with Gasteiger partial charge in [0.1, 0.15) is 11.9 Å². The third kappa shape index (κ3) is 4.58. The van der Waals surface area contributed by atoms with Crippen molar-refractivity contribution in [3.8, 4) is 0 Å². The first-order chi connectivity index (χ1) is 18.5. The number of benzene rings is 2. The lowest BCUT2D eigenvalue weighted by Gasteiger charge is -2.39. The Morgan fingerprint density at radius 2 is 1.95 bits per heavy atom. The molecule has 2 fully saturated rings. The molecule has 0 radical (unpaired) electrons. The zero-order valence-corrected chi connectivity index (χ0v) is 21.7. The van der Waals surface area contributed by atoms with Crippen LogP contribution in [0.1, 0.15) is 41.4 Å². The van der Waals surface area contributed by atoms with Crippen molar-refractivity contribution in [3.05, 3.63) is 81.2 Å². The molecule has 2 aromatic heterocycles. The van der Waals surface area contributed by atoms with E-state index in [0.29, 0.717) is 49.8 Å². The largest absolute Gasteiger partial charge is 0.376 e. The maximum absolute atomic E-state index is 14.5. The Hall–Kier alpha value is -3.63. The number of halogens is 1. The van der Waals surface area contributed by atoms with Crippen LogP contribution in [0.25, 0.3) is 10.9 Å². The first-order valence-electron chi connectivity index (χ1n) is 13.2. The zero-order valence-electron chi connectivity index (χ0n) is 21.7. The fourth-order valence-corrected chi connectivity index (χ4v) is 5.69. The molecule has 1 N–H and O–H groups in total. The van der Waals surface area contributed by atoms with E-state index in [1.54, 1.807) is 10.7 Å². The van der Waals surface area contributed by atoms with Crippen molar-refractivity contribution in [2.75, 3.05) is 37.7 Å². The van der Waals surface area contributed by atoms with Crippen LogP contribution < -0.4 is 10.5 Å². The van der Waals surface area contributed by atoms with Gasteiger partial charge in [-0.1, -0.05) is 24.3 Å². The number of hydrogen-bond donors (Lipinski definition) is 1. The monoisotopic (exact) mass is 517 g/mol. The fraction of sp³-hybridized carbons (Fsp3) is 0.429. The normalized spacial score (nSPS) is 19.3. The third-order valence-electron chi connectivity index (χ3n) is 7.95. The molecule has 198 valence electrons. The van der Waals surface area contributed by atoms with Crippen LogP contribution >= 0.6 is 0 Å². The predicted octanol–water partition coefficient (Wildman–Crippen LogP) is 3.36. The second kappa shape index (κ2) is 10.3. The van der Waals surface area contributed by atoms with Crippen LogP contribution in [0.2, 0.25) is 0 Å². The van der Waals surface area contributed by atoms with Crippen molar-refractivity contribution in [1.29, 1.82) is 0 Å². The number of rotatable bonds is 6. The second-order valence-corrected chi connectivity index (χ2v) is 10.3. The Labute approximate surface area is 220 Å². The van der Waals surface area contributed by atoms with Gasteiger partial charge in [0.05, 0.1) is 23.9 Å². The molecule has 0 aliphatic carbocycles. The molecule has 0 spiro atoms. The minimum atomic E-state index is -0.455. The summed E-state index contributed by atoms with van der Waals surface area (Å²) in [5.74, 6) is 0.392. The van der Waals surface area contributed by atoms with Crippen LogP contribution in [0.4, 0.5) is 10.1 Å². The van der Waals surface area contributed by atoms with Crippen LogP contribution in [0, 0.1) is 19.7 Å². The minimum Gasteiger partial charge on any atom is -0.376 e. The molecule has 2 aliphatic rings. The molecule has 9 nitrogen and oxygen atoms in total. The van der Waals surface area contributed by atoms with E-state index in [1.807, 2.05) is 38.1 Å². The molecular formula is C28H32FN7O2. The maximum atomic E-state index is 14.5. The number of nitrogens with one attached hydrogen (secondary N) is 1. The van der Waals surface area contributed by atoms with E-state index < -0.39 is 6.04 Å². The Balaban J connectivity index is 1.38. The maximum Gasteiger partial charge on any atom is 0.253 e. The van der Waals surface area contributed by atoms with Crippen molar-refractivity contribution in [2.24, 2.45) is 0 Å². The smallest absolute Gasteiger partial charge is 0.253 e. The number of anilines is 1. The number of ether oxygens (including phenoxy) is 1. The summed E-state index contributed by atoms with van der Waals surface area (Å²) in [6.07, 6.45) is 2.03. The molecule has 2 aliphatic heterocycles. The summed E-state index contributed by atoms with van der Waals surface area (Å²) < 4.78 is 22.1. The van der Waals surface area contributed by atoms with Gasteiger partial charge in [-0.25, -0.2) is 9.07 Å². The fourth-order valence-electron chi connectivity index (χ4n) is 5.69. The Bertz CT molecular complexity index is 1500. The molecule has 0 saturated carbocycles. The molecule has 10 heteroatoms. The first-order valence-corrected chi connectivity index (χ1v) is 13.2. The number of nitrogens with zero attached hydrogens (tertiary/aromatic N) is 6. The number of aromatic amines is 1. The van der Waals surface area contributed by atoms with E-state index >= 15 is 0 Å². The summed E-state index contributed by atoms with van der Waals surface area (Å²) in [6.45, 7) is 7.83. The van der Waals surface area contributed by atoms with Gasteiger partial charge in [0.2, 0.25) is 0 Å². The van der Waals surface area contributed by atoms with E-state index in [9.17, 15) is 9.18 Å². The highest BCUT2D eigenvalue weighted by Gasteiger charge is 2.34. The molecule has 4 heterocycles. The van der Waals surface area contributed by atoms with Crippen molar-refractivity contribution in [3.63, 3.8) is 0 Å². The minimum absolute atomic E-state index is 0.0521. The summed E-state index contributed by atoms with van der Waals surface area (Å²) in [6, 6.07) is 12.5. The quantitative estimate of drug-likeness (QED) is 0.419. The van der Waals surface area contributed by atoms with Gasteiger partial charge in [-0.05, 0) is 71.8 Å². The van der Waals surface area contributed by atoms with Crippen molar-refractivity contribution < 1.29 is 9.13 Å². The van der Waals surface area contributed by atoms with Crippen LogP contribution in [-0.4, -0.2) is 69.0 Å². The average Bonchev–Trinajstić information content (AvgIpc) is 3.61. The number of H-pyrrole nitrogens is 1. The number of hydrogen-bond acceptors (Lipinski definition) is 7. The Morgan fingerprint density at radius 3 is 2.71 bits per heavy atom. The molecule has 2 atom stereocenters. The highest BCUT2D eigenvalue weighted by molar-refractivity contribution is 5.83. The number of tetrazole rings is 1. The number of aromatic nitrogens is 5. The SMILES string of the molecule is Cc1ccc2cc(C(c3nnnn3CC3CCCO3)N3CCN(c4ccccc4F)CC3)c(=O)[nH]c2c1C. The lowest BCUT2D eigenvalue weighted by atomic mass is 9.99. The topological polar surface area (TPSA) is 92.2 Å². The van der Waals surface area contributed by atoms with Gasteiger partial charge in [0.15, 0.2) is 5.82 Å². The van der Waals surface area contributed by atoms with Crippen molar-refractivity contribution in [2.45, 2.75) is 45.4 Å². The summed E-state index contributed by atoms with van der Waals surface area (Å²) in [4.78, 5) is 21.0. The van der Waals surface area contributed by atoms with Gasteiger partial charge in [-0.3, -0.25) is 9.69 Å². The lowest BCUT2D eigenvalue weighted by molar-refractivity contribution is 0.0906. The highest BCUT2D eigenvalue weighted by Crippen LogP contribution is 2.30. The number of aryl methyl sites for hydroxylation is 2. The summed E-state index contributed by atoms with van der Waals surface area (Å²) in [7, 11) is 0. The highest BCUT2D eigenvalue weighted by atomic mass is 19.1. The van der Waals surface area contributed by atoms with Gasteiger partial charge >= 0.3 is 0 Å². The number of fused-ring (bicyclic) bond motifs is 1. The Morgan fingerprint density at radius 1 is 1.13 bits per heavy atom. The van der Waals surface area contributed by atoms with Crippen LogP contribution in [0.15, 0.2) is 47.3 Å². The van der Waals surface area contributed by atoms with E-state index in [-0.39, 0.29) is 17.5 Å². The van der Waals surface area contributed by atoms with E-state index in [2.05, 4.69) is 36.4 Å². The van der Waals surface area contributed by atoms with Gasteiger partial charge in [-0.15, -0.1) is 5.10 Å². The van der Waals surface area contributed by atoms with Gasteiger partial charge in [0.25, 0.3) is 5.56 Å². The van der Waals surface area contributed by atoms with Crippen molar-refractivity contribution >= 4 is 16.6 Å². The second-order valence-electron chi connectivity index (χ2n) is 10.3. The van der Waals surface area contributed by atoms with E-state index in [1.165, 1.54) is 6.07 Å². The predicted molar refractivity (Wildman–Crippen MR) is 143 cm³/mol. The summed E-state index contributed by atoms with van der Waals surface area (Å²) in [5, 5.41) is 13.7. The molecule has 0 bridgehead atoms. The Kier molecular flexibility index (Phi) is 6.67. The van der Waals surface area contributed by atoms with Crippen LogP contribution in [0.3, 0.4) is 0 Å². The number of pyridine rings is 1. The lowest BCUT2D eigenvalue weighted by Crippen LogP contribution is -2.49. The van der Waals surface area contributed by atoms with E-state index in [4.69, 9.17) is 4.74 Å². The summed E-state index contributed by atoms with van der Waals surface area (Å²) >= 11 is 0. The molecule has 2 aromatic carbocycles. The molecular weight excluding hydrogens is 485 g/mol. The molecule has 38 heavy (non-hydrogen) atoms. The third-order valence-corrected chi connectivity index (χ3v) is 7.95. The number of para-hydroxylation sites is 1. The molecule has 0 amide bonds. The molecule has 2 unspecified atom stereocenters. The molecule has 2 saturated heterocycles. The van der Waals surface area contributed by atoms with Crippen LogP contribution in [0.5, 0.6) is 0 Å². The molecule has 4 aromatic rings.